The zero-order chi connectivity index (χ0) is 70.2. The summed E-state index contributed by atoms with van der Waals surface area (Å²) in [6.07, 6.45) is 15.9. The lowest BCUT2D eigenvalue weighted by molar-refractivity contribution is -0.151. The number of azide groups is 2. The maximum Gasteiger partial charge on any atom is 0.318 e. The Morgan fingerprint density at radius 3 is 1.32 bits per heavy atom. The average Bonchev–Trinajstić information content (AvgIpc) is 1.20. The van der Waals surface area contributed by atoms with Gasteiger partial charge in [-0.05, 0) is 57.5 Å². The zero-order valence-corrected chi connectivity index (χ0v) is 54.0. The molecule has 0 bridgehead atoms. The van der Waals surface area contributed by atoms with E-state index in [-0.39, 0.29) is 146 Å². The van der Waals surface area contributed by atoms with E-state index in [4.69, 9.17) is 61.8 Å². The minimum atomic E-state index is -0.627. The number of hydrogen-bond acceptors (Lipinski definition) is 28. The first-order valence-electron chi connectivity index (χ1n) is 28.7. The van der Waals surface area contributed by atoms with Gasteiger partial charge in [0.2, 0.25) is 0 Å². The number of terminal acetylenes is 2. The Morgan fingerprint density at radius 1 is 0.532 bits per heavy atom. The van der Waals surface area contributed by atoms with Crippen LogP contribution in [0.2, 0.25) is 0 Å². The molecule has 0 saturated carbocycles. The molecule has 34 nitrogen and oxygen atoms in total. The van der Waals surface area contributed by atoms with Gasteiger partial charge in [0.25, 0.3) is 0 Å². The number of hydrogen-bond donors (Lipinski definition) is 0. The van der Waals surface area contributed by atoms with Crippen LogP contribution in [-0.4, -0.2) is 139 Å². The second-order valence-electron chi connectivity index (χ2n) is 21.7. The van der Waals surface area contributed by atoms with Crippen molar-refractivity contribution >= 4 is 59.7 Å². The number of aromatic nitrogens is 8. The van der Waals surface area contributed by atoms with E-state index in [9.17, 15) is 47.9 Å². The fourth-order valence-corrected chi connectivity index (χ4v) is 6.96. The standard InChI is InChI=1S/C34H47N7O10.C16H19N7O6.C10H10O4/c1-22-32(51-23(2)42)27(21-50-28(43)9-11-33(3,4)5)24(17-35-22)20-49-29(44)10-12-40-18-25(36-38-40)15-30(45)47-13-14-48-31(46)16-26-19-41(39-37-26)34(6,7)8;1-10-16(29-11(2)24)13(9-28-15(26)4-6-21-23-18)12(7-19-10)8-27-14(25)3-5-20-22-17;1-3-5-9(11)13-7-8-14-10(12)6-4-2/h17-19H,9-16,20-21H2,1-8H3;7H,3-6,8-9H2,1-2H3;1-2H,5-8H2. The van der Waals surface area contributed by atoms with Crippen molar-refractivity contribution < 1.29 is 95.3 Å². The number of esters is 10. The van der Waals surface area contributed by atoms with Gasteiger partial charge in [-0.25, -0.2) is 4.68 Å². The molecule has 34 heteroatoms. The van der Waals surface area contributed by atoms with Crippen LogP contribution in [0, 0.1) is 44.0 Å². The number of carbonyl (C=O) groups is 10. The highest BCUT2D eigenvalue weighted by atomic mass is 16.6. The van der Waals surface area contributed by atoms with Gasteiger partial charge in [-0.3, -0.25) is 62.6 Å². The van der Waals surface area contributed by atoms with Crippen molar-refractivity contribution in [3.8, 4) is 36.2 Å². The zero-order valence-electron chi connectivity index (χ0n) is 54.0. The first-order valence-corrected chi connectivity index (χ1v) is 28.7. The third-order valence-electron chi connectivity index (χ3n) is 11.6. The summed E-state index contributed by atoms with van der Waals surface area (Å²) < 4.78 is 54.2. The number of carbonyl (C=O) groups excluding carboxylic acids is 10. The van der Waals surface area contributed by atoms with Crippen LogP contribution >= 0.6 is 0 Å². The van der Waals surface area contributed by atoms with E-state index in [2.05, 4.69) is 72.0 Å². The summed E-state index contributed by atoms with van der Waals surface area (Å²) in [6, 6.07) is 0. The van der Waals surface area contributed by atoms with Crippen molar-refractivity contribution in [3.63, 3.8) is 0 Å². The van der Waals surface area contributed by atoms with Crippen molar-refractivity contribution in [2.45, 2.75) is 166 Å². The van der Waals surface area contributed by atoms with Crippen molar-refractivity contribution in [1.82, 2.24) is 40.0 Å². The summed E-state index contributed by atoms with van der Waals surface area (Å²) >= 11 is 0. The lowest BCUT2D eigenvalue weighted by atomic mass is 9.91. The molecule has 0 radical (unpaired) electrons. The van der Waals surface area contributed by atoms with Gasteiger partial charge in [0.1, 0.15) is 65.7 Å². The molecule has 4 heterocycles. The van der Waals surface area contributed by atoms with Gasteiger partial charge >= 0.3 is 59.7 Å². The van der Waals surface area contributed by atoms with Crippen LogP contribution in [0.5, 0.6) is 11.5 Å². The Morgan fingerprint density at radius 2 is 0.926 bits per heavy atom. The molecular weight excluding hydrogens is 1240 g/mol. The number of pyridine rings is 2. The third kappa shape index (κ3) is 33.7. The highest BCUT2D eigenvalue weighted by Gasteiger charge is 2.23. The first-order chi connectivity index (χ1) is 44.5. The van der Waals surface area contributed by atoms with Gasteiger partial charge in [-0.2, -0.15) is 0 Å². The van der Waals surface area contributed by atoms with Crippen LogP contribution in [0.3, 0.4) is 0 Å². The van der Waals surface area contributed by atoms with Crippen LogP contribution in [0.15, 0.2) is 35.0 Å². The molecule has 0 spiro atoms. The molecule has 0 saturated heterocycles. The fraction of sp³-hybridized carbons (Fsp3) is 0.533. The molecule has 0 aliphatic carbocycles. The van der Waals surface area contributed by atoms with Crippen molar-refractivity contribution in [1.29, 1.82) is 0 Å². The van der Waals surface area contributed by atoms with Gasteiger partial charge in [0.05, 0.1) is 67.0 Å². The van der Waals surface area contributed by atoms with Crippen LogP contribution in [-0.2, 0) is 137 Å². The molecule has 0 atom stereocenters. The van der Waals surface area contributed by atoms with E-state index in [1.165, 1.54) is 37.1 Å². The molecule has 0 aliphatic heterocycles. The Bertz CT molecular complexity index is 3420. The molecule has 4 aromatic heterocycles. The number of rotatable bonds is 33. The SMILES string of the molecule is C#CCC(=O)OCCOC(=O)CC#C.CC(=O)Oc1c(C)ncc(COC(=O)CCN=[N+]=[N-])c1COC(=O)CCN=[N+]=[N-].CC(=O)Oc1c(C)ncc(COC(=O)CCn2cc(CC(=O)OCCOC(=O)Cc3cn(C(C)(C)C)nn3)nn2)c1COC(=O)CCC(C)(C)C. The molecule has 4 aromatic rings. The maximum absolute atomic E-state index is 12.6. The normalized spacial score (nSPS) is 10.4. The monoisotopic (exact) mass is 1310 g/mol. The molecule has 0 amide bonds. The van der Waals surface area contributed by atoms with E-state index in [1.807, 2.05) is 41.5 Å². The average molecular weight is 1310 g/mol. The Kier molecular flexibility index (Phi) is 35.5. The van der Waals surface area contributed by atoms with E-state index >= 15 is 0 Å². The predicted molar refractivity (Wildman–Crippen MR) is 324 cm³/mol. The Hall–Kier alpha value is -11.0. The van der Waals surface area contributed by atoms with Crippen molar-refractivity contribution in [2.75, 3.05) is 39.5 Å². The minimum Gasteiger partial charge on any atom is -0.462 e. The lowest BCUT2D eigenvalue weighted by Gasteiger charge is -2.18. The van der Waals surface area contributed by atoms with Crippen molar-refractivity contribution in [3.05, 3.63) is 90.7 Å². The van der Waals surface area contributed by atoms with E-state index in [0.29, 0.717) is 51.5 Å². The topological polar surface area (TPSA) is 448 Å². The summed E-state index contributed by atoms with van der Waals surface area (Å²) in [5, 5.41) is 22.3. The van der Waals surface area contributed by atoms with Crippen LogP contribution in [0.1, 0.15) is 145 Å². The van der Waals surface area contributed by atoms with Crippen molar-refractivity contribution in [2.24, 2.45) is 15.6 Å². The summed E-state index contributed by atoms with van der Waals surface area (Å²) in [5.41, 5.74) is 19.2. The molecule has 0 N–H and O–H groups in total. The summed E-state index contributed by atoms with van der Waals surface area (Å²) in [7, 11) is 0. The first kappa shape index (κ1) is 79.1. The van der Waals surface area contributed by atoms with Crippen LogP contribution in [0.25, 0.3) is 20.9 Å². The van der Waals surface area contributed by atoms with E-state index in [1.54, 1.807) is 24.7 Å². The molecule has 0 aliphatic rings. The third-order valence-corrected chi connectivity index (χ3v) is 11.6. The molecular formula is C60H76N14O20. The smallest absolute Gasteiger partial charge is 0.318 e. The fourth-order valence-electron chi connectivity index (χ4n) is 6.96. The summed E-state index contributed by atoms with van der Waals surface area (Å²) in [6.45, 7) is 16.5. The van der Waals surface area contributed by atoms with Crippen LogP contribution < -0.4 is 9.47 Å². The van der Waals surface area contributed by atoms with Gasteiger partial charge in [0, 0.05) is 90.2 Å². The molecule has 0 fully saturated rings. The highest BCUT2D eigenvalue weighted by Crippen LogP contribution is 2.30. The largest absolute Gasteiger partial charge is 0.462 e. The summed E-state index contributed by atoms with van der Waals surface area (Å²) in [5.74, 6) is -1.04. The Labute approximate surface area is 540 Å². The number of aryl methyl sites for hydroxylation is 3. The van der Waals surface area contributed by atoms with Gasteiger partial charge in [-0.15, -0.1) is 23.0 Å². The second-order valence-corrected chi connectivity index (χ2v) is 21.7. The Balaban J connectivity index is 0.000000583. The van der Waals surface area contributed by atoms with Crippen LogP contribution in [0.4, 0.5) is 0 Å². The summed E-state index contributed by atoms with van der Waals surface area (Å²) in [4.78, 5) is 131. The number of ether oxygens (including phenoxy) is 10. The van der Waals surface area contributed by atoms with Gasteiger partial charge < -0.3 is 47.4 Å². The molecule has 506 valence electrons. The molecule has 0 aromatic carbocycles. The highest BCUT2D eigenvalue weighted by molar-refractivity contribution is 5.75. The molecule has 4 rings (SSSR count). The van der Waals surface area contributed by atoms with Gasteiger partial charge in [0.15, 0.2) is 11.5 Å². The van der Waals surface area contributed by atoms with E-state index in [0.717, 1.165) is 0 Å². The van der Waals surface area contributed by atoms with E-state index < -0.39 is 59.7 Å². The molecule has 94 heavy (non-hydrogen) atoms. The minimum absolute atomic E-state index is 0.00315. The number of nitrogens with zero attached hydrogens (tertiary/aromatic N) is 14. The lowest BCUT2D eigenvalue weighted by Crippen LogP contribution is -2.22. The quantitative estimate of drug-likeness (QED) is 0.00996. The predicted octanol–water partition coefficient (Wildman–Crippen LogP) is 6.05. The van der Waals surface area contributed by atoms with Gasteiger partial charge in [-0.1, -0.05) is 53.3 Å². The molecule has 0 unspecified atom stereocenters. The maximum atomic E-state index is 12.6. The second kappa shape index (κ2) is 42.1.